The van der Waals surface area contributed by atoms with Gasteiger partial charge in [-0.1, -0.05) is 26.0 Å². The van der Waals surface area contributed by atoms with Gasteiger partial charge in [-0.15, -0.1) is 12.4 Å². The third-order valence-electron chi connectivity index (χ3n) is 4.71. The van der Waals surface area contributed by atoms with E-state index in [-0.39, 0.29) is 36.0 Å². The third kappa shape index (κ3) is 3.73. The molecule has 0 bridgehead atoms. The predicted octanol–water partition coefficient (Wildman–Crippen LogP) is 2.20. The SMILES string of the molecule is CCC(N)(CC)CNC(=O)Cn1cnc2c(oc3ccccc32)c1=O.Cl. The smallest absolute Gasteiger partial charge is 0.297 e. The first-order valence-electron chi connectivity index (χ1n) is 8.39. The molecule has 26 heavy (non-hydrogen) atoms. The summed E-state index contributed by atoms with van der Waals surface area (Å²) in [6.07, 6.45) is 2.90. The Morgan fingerprint density at radius 2 is 2.00 bits per heavy atom. The van der Waals surface area contributed by atoms with Gasteiger partial charge in [0.05, 0.1) is 6.33 Å². The van der Waals surface area contributed by atoms with E-state index in [1.165, 1.54) is 10.9 Å². The van der Waals surface area contributed by atoms with Crippen molar-refractivity contribution in [2.24, 2.45) is 5.73 Å². The second-order valence-corrected chi connectivity index (χ2v) is 6.30. The fourth-order valence-corrected chi connectivity index (χ4v) is 2.71. The monoisotopic (exact) mass is 378 g/mol. The van der Waals surface area contributed by atoms with Crippen LogP contribution >= 0.6 is 12.4 Å². The molecule has 0 fully saturated rings. The van der Waals surface area contributed by atoms with Gasteiger partial charge in [-0.2, -0.15) is 0 Å². The van der Waals surface area contributed by atoms with Gasteiger partial charge in [0.25, 0.3) is 5.56 Å². The lowest BCUT2D eigenvalue weighted by Gasteiger charge is -2.26. The minimum atomic E-state index is -0.429. The maximum absolute atomic E-state index is 12.6. The number of carbonyl (C=O) groups is 1. The second kappa shape index (κ2) is 7.88. The minimum absolute atomic E-state index is 0. The number of hydrogen-bond acceptors (Lipinski definition) is 5. The van der Waals surface area contributed by atoms with Crippen molar-refractivity contribution in [3.05, 3.63) is 40.9 Å². The average molecular weight is 379 g/mol. The van der Waals surface area contributed by atoms with Crippen LogP contribution in [-0.4, -0.2) is 27.5 Å². The van der Waals surface area contributed by atoms with Crippen LogP contribution in [0.1, 0.15) is 26.7 Å². The number of halogens is 1. The lowest BCUT2D eigenvalue weighted by atomic mass is 9.94. The van der Waals surface area contributed by atoms with Crippen LogP contribution in [0.5, 0.6) is 0 Å². The first-order chi connectivity index (χ1) is 12.0. The molecule has 2 heterocycles. The summed E-state index contributed by atoms with van der Waals surface area (Å²) in [7, 11) is 0. The van der Waals surface area contributed by atoms with Gasteiger partial charge in [-0.25, -0.2) is 4.98 Å². The van der Waals surface area contributed by atoms with E-state index in [9.17, 15) is 9.59 Å². The van der Waals surface area contributed by atoms with Crippen LogP contribution in [0.15, 0.2) is 39.8 Å². The summed E-state index contributed by atoms with van der Waals surface area (Å²) in [5, 5.41) is 3.58. The number of aromatic nitrogens is 2. The van der Waals surface area contributed by atoms with Gasteiger partial charge < -0.3 is 15.5 Å². The molecule has 0 aliphatic rings. The van der Waals surface area contributed by atoms with Crippen molar-refractivity contribution in [1.29, 1.82) is 0 Å². The van der Waals surface area contributed by atoms with Gasteiger partial charge >= 0.3 is 0 Å². The van der Waals surface area contributed by atoms with E-state index >= 15 is 0 Å². The number of carbonyl (C=O) groups excluding carboxylic acids is 1. The van der Waals surface area contributed by atoms with E-state index in [1.807, 2.05) is 32.0 Å². The normalized spacial score (nSPS) is 11.5. The van der Waals surface area contributed by atoms with Crippen LogP contribution in [0.2, 0.25) is 0 Å². The molecule has 2 aromatic heterocycles. The molecule has 3 rings (SSSR count). The van der Waals surface area contributed by atoms with E-state index in [0.717, 1.165) is 18.2 Å². The van der Waals surface area contributed by atoms with E-state index in [2.05, 4.69) is 10.3 Å². The quantitative estimate of drug-likeness (QED) is 0.684. The highest BCUT2D eigenvalue weighted by Gasteiger charge is 2.21. The van der Waals surface area contributed by atoms with Crippen LogP contribution in [-0.2, 0) is 11.3 Å². The third-order valence-corrected chi connectivity index (χ3v) is 4.71. The molecule has 0 spiro atoms. The molecule has 1 amide bonds. The maximum Gasteiger partial charge on any atom is 0.297 e. The Labute approximate surface area is 157 Å². The van der Waals surface area contributed by atoms with Crippen molar-refractivity contribution < 1.29 is 9.21 Å². The largest absolute Gasteiger partial charge is 0.448 e. The Morgan fingerprint density at radius 3 is 2.69 bits per heavy atom. The zero-order chi connectivity index (χ0) is 18.0. The zero-order valence-corrected chi connectivity index (χ0v) is 15.6. The number of benzene rings is 1. The molecule has 0 saturated heterocycles. The number of furan rings is 1. The molecule has 140 valence electrons. The van der Waals surface area contributed by atoms with Gasteiger partial charge in [0, 0.05) is 17.5 Å². The van der Waals surface area contributed by atoms with Crippen LogP contribution < -0.4 is 16.6 Å². The maximum atomic E-state index is 12.6. The van der Waals surface area contributed by atoms with Gasteiger partial charge in [0.2, 0.25) is 11.5 Å². The van der Waals surface area contributed by atoms with Gasteiger partial charge in [-0.3, -0.25) is 14.2 Å². The first-order valence-corrected chi connectivity index (χ1v) is 8.39. The van der Waals surface area contributed by atoms with Gasteiger partial charge in [0.1, 0.15) is 17.6 Å². The molecule has 3 aromatic rings. The highest BCUT2D eigenvalue weighted by atomic mass is 35.5. The molecule has 0 aliphatic carbocycles. The summed E-state index contributed by atoms with van der Waals surface area (Å²) in [6.45, 7) is 4.22. The van der Waals surface area contributed by atoms with Crippen LogP contribution in [0.25, 0.3) is 22.1 Å². The molecular weight excluding hydrogens is 356 g/mol. The summed E-state index contributed by atoms with van der Waals surface area (Å²) in [5.74, 6) is -0.281. The van der Waals surface area contributed by atoms with Crippen molar-refractivity contribution in [3.8, 4) is 0 Å². The Kier molecular flexibility index (Phi) is 6.05. The molecule has 0 aliphatic heterocycles. The Balaban J connectivity index is 0.00000243. The molecule has 7 nitrogen and oxygen atoms in total. The molecule has 8 heteroatoms. The Hall–Kier alpha value is -2.38. The number of nitrogens with two attached hydrogens (primary N) is 1. The average Bonchev–Trinajstić information content (AvgIpc) is 3.01. The first kappa shape index (κ1) is 19.9. The number of nitrogens with one attached hydrogen (secondary N) is 1. The minimum Gasteiger partial charge on any atom is -0.448 e. The summed E-state index contributed by atoms with van der Waals surface area (Å²) in [5.41, 5.74) is 6.64. The summed E-state index contributed by atoms with van der Waals surface area (Å²) in [4.78, 5) is 29.0. The number of nitrogens with zero attached hydrogens (tertiary/aromatic N) is 2. The van der Waals surface area contributed by atoms with E-state index in [0.29, 0.717) is 17.6 Å². The number of rotatable bonds is 6. The lowest BCUT2D eigenvalue weighted by Crippen LogP contribution is -2.50. The van der Waals surface area contributed by atoms with Gasteiger partial charge in [0.15, 0.2) is 0 Å². The number of hydrogen-bond donors (Lipinski definition) is 2. The highest BCUT2D eigenvalue weighted by Crippen LogP contribution is 2.23. The molecule has 1 aromatic carbocycles. The van der Waals surface area contributed by atoms with Crippen LogP contribution in [0.3, 0.4) is 0 Å². The highest BCUT2D eigenvalue weighted by molar-refractivity contribution is 6.01. The summed E-state index contributed by atoms with van der Waals surface area (Å²) < 4.78 is 6.85. The molecule has 0 atom stereocenters. The van der Waals surface area contributed by atoms with Crippen molar-refractivity contribution in [3.63, 3.8) is 0 Å². The number of fused-ring (bicyclic) bond motifs is 3. The summed E-state index contributed by atoms with van der Waals surface area (Å²) >= 11 is 0. The van der Waals surface area contributed by atoms with E-state index in [1.54, 1.807) is 6.07 Å². The molecule has 0 saturated carbocycles. The zero-order valence-electron chi connectivity index (χ0n) is 14.8. The van der Waals surface area contributed by atoms with Crippen molar-refractivity contribution >= 4 is 40.4 Å². The van der Waals surface area contributed by atoms with E-state index < -0.39 is 5.54 Å². The molecular formula is C18H23ClN4O3. The van der Waals surface area contributed by atoms with Crippen LogP contribution in [0, 0.1) is 0 Å². The van der Waals surface area contributed by atoms with Crippen molar-refractivity contribution in [2.45, 2.75) is 38.8 Å². The van der Waals surface area contributed by atoms with Crippen LogP contribution in [0.4, 0.5) is 0 Å². The molecule has 0 radical (unpaired) electrons. The topological polar surface area (TPSA) is 103 Å². The number of para-hydroxylation sites is 1. The predicted molar refractivity (Wildman–Crippen MR) is 104 cm³/mol. The van der Waals surface area contributed by atoms with E-state index in [4.69, 9.17) is 10.2 Å². The number of amides is 1. The van der Waals surface area contributed by atoms with Crippen molar-refractivity contribution in [1.82, 2.24) is 14.9 Å². The Bertz CT molecular complexity index is 975. The molecule has 0 unspecified atom stereocenters. The van der Waals surface area contributed by atoms with Gasteiger partial charge in [-0.05, 0) is 25.0 Å². The summed E-state index contributed by atoms with van der Waals surface area (Å²) in [6, 6.07) is 7.32. The molecule has 3 N–H and O–H groups in total. The fraction of sp³-hybridized carbons (Fsp3) is 0.389. The second-order valence-electron chi connectivity index (χ2n) is 6.30. The Morgan fingerprint density at radius 1 is 1.31 bits per heavy atom. The fourth-order valence-electron chi connectivity index (χ4n) is 2.71. The lowest BCUT2D eigenvalue weighted by molar-refractivity contribution is -0.122. The standard InChI is InChI=1S/C18H22N4O3.ClH/c1-3-18(19,4-2)10-20-14(23)9-22-11-21-15-12-7-5-6-8-13(12)25-16(15)17(22)24;/h5-8,11H,3-4,9-10,19H2,1-2H3,(H,20,23);1H. The van der Waals surface area contributed by atoms with Crippen molar-refractivity contribution in [2.75, 3.05) is 6.54 Å².